The van der Waals surface area contributed by atoms with Crippen molar-refractivity contribution in [3.8, 4) is 0 Å². The van der Waals surface area contributed by atoms with Crippen LogP contribution in [-0.4, -0.2) is 29.8 Å². The van der Waals surface area contributed by atoms with Crippen molar-refractivity contribution in [2.75, 3.05) is 23.7 Å². The van der Waals surface area contributed by atoms with E-state index in [9.17, 15) is 9.59 Å². The number of likely N-dealkylation sites (tertiary alicyclic amines) is 1. The molecular weight excluding hydrogens is 532 g/mol. The van der Waals surface area contributed by atoms with Crippen LogP contribution in [0, 0.1) is 0 Å². The van der Waals surface area contributed by atoms with Crippen LogP contribution in [0.5, 0.6) is 0 Å². The average molecular weight is 571 g/mol. The number of carbonyl (C=O) groups excluding carboxylic acids is 2. The minimum atomic E-state index is -0.198. The molecular formula is C37H38N4O2. The van der Waals surface area contributed by atoms with E-state index in [2.05, 4.69) is 52.0 Å². The molecule has 1 atom stereocenters. The number of piperidine rings is 1. The summed E-state index contributed by atoms with van der Waals surface area (Å²) in [7, 11) is 0. The van der Waals surface area contributed by atoms with Gasteiger partial charge in [0.25, 0.3) is 11.8 Å². The SMILES string of the molecule is CC[C@@H](NC(=O)c1ccc2c(c1)/C(=C(/Nc1ccc(CN3CCCCC3)cc1)c1ccccc1)C(=O)N2)c1ccccc1. The summed E-state index contributed by atoms with van der Waals surface area (Å²) >= 11 is 0. The third-order valence-corrected chi connectivity index (χ3v) is 8.33. The molecule has 4 aromatic rings. The van der Waals surface area contributed by atoms with Gasteiger partial charge in [-0.2, -0.15) is 0 Å². The summed E-state index contributed by atoms with van der Waals surface area (Å²) < 4.78 is 0. The molecule has 3 N–H and O–H groups in total. The number of nitrogens with zero attached hydrogens (tertiary/aromatic N) is 1. The Morgan fingerprint density at radius 2 is 1.53 bits per heavy atom. The third-order valence-electron chi connectivity index (χ3n) is 8.33. The highest BCUT2D eigenvalue weighted by Crippen LogP contribution is 2.38. The molecule has 2 aliphatic heterocycles. The second-order valence-electron chi connectivity index (χ2n) is 11.3. The Labute approximate surface area is 253 Å². The predicted octanol–water partition coefficient (Wildman–Crippen LogP) is 7.49. The molecule has 2 heterocycles. The van der Waals surface area contributed by atoms with Gasteiger partial charge in [0.2, 0.25) is 0 Å². The lowest BCUT2D eigenvalue weighted by Gasteiger charge is -2.26. The Hall–Kier alpha value is -4.68. The Balaban J connectivity index is 1.31. The maximum absolute atomic E-state index is 13.5. The molecule has 2 aliphatic rings. The zero-order chi connectivity index (χ0) is 29.6. The summed E-state index contributed by atoms with van der Waals surface area (Å²) in [5.74, 6) is -0.368. The van der Waals surface area contributed by atoms with Crippen LogP contribution < -0.4 is 16.0 Å². The van der Waals surface area contributed by atoms with Crippen LogP contribution in [-0.2, 0) is 11.3 Å². The molecule has 0 bridgehead atoms. The van der Waals surface area contributed by atoms with Crippen molar-refractivity contribution in [1.29, 1.82) is 0 Å². The first kappa shape index (κ1) is 28.4. The molecule has 2 amide bonds. The van der Waals surface area contributed by atoms with Gasteiger partial charge in [-0.05, 0) is 79.4 Å². The van der Waals surface area contributed by atoms with Gasteiger partial charge in [-0.25, -0.2) is 0 Å². The van der Waals surface area contributed by atoms with Crippen LogP contribution in [0.25, 0.3) is 11.3 Å². The number of fused-ring (bicyclic) bond motifs is 1. The van der Waals surface area contributed by atoms with Gasteiger partial charge in [-0.3, -0.25) is 14.5 Å². The third kappa shape index (κ3) is 6.55. The first-order chi connectivity index (χ1) is 21.1. The summed E-state index contributed by atoms with van der Waals surface area (Å²) in [5, 5.41) is 9.74. The molecule has 6 heteroatoms. The van der Waals surface area contributed by atoms with Crippen LogP contribution in [0.2, 0.25) is 0 Å². The minimum Gasteiger partial charge on any atom is -0.354 e. The van der Waals surface area contributed by atoms with Crippen LogP contribution >= 0.6 is 0 Å². The van der Waals surface area contributed by atoms with E-state index >= 15 is 0 Å². The van der Waals surface area contributed by atoms with Gasteiger partial charge in [0.05, 0.1) is 17.3 Å². The molecule has 6 rings (SSSR count). The molecule has 6 nitrogen and oxygen atoms in total. The molecule has 1 saturated heterocycles. The molecule has 0 saturated carbocycles. The standard InChI is InChI=1S/C37H38N4O2/c1-2-32(27-12-6-3-7-13-27)39-36(42)29-18-21-33-31(24-29)34(37(43)40-33)35(28-14-8-4-9-15-28)38-30-19-16-26(17-20-30)25-41-22-10-5-11-23-41/h3-4,6-9,12-21,24,32,38H,2,5,10-11,22-23,25H2,1H3,(H,39,42)(H,40,43)/b35-34-/t32-/m1/s1. The number of carbonyl (C=O) groups is 2. The Morgan fingerprint density at radius 1 is 0.837 bits per heavy atom. The highest BCUT2D eigenvalue weighted by atomic mass is 16.2. The number of amides is 2. The Kier molecular flexibility index (Phi) is 8.66. The van der Waals surface area contributed by atoms with Gasteiger partial charge in [-0.15, -0.1) is 0 Å². The highest BCUT2D eigenvalue weighted by molar-refractivity contribution is 6.37. The average Bonchev–Trinajstić information content (AvgIpc) is 3.39. The predicted molar refractivity (Wildman–Crippen MR) is 174 cm³/mol. The van der Waals surface area contributed by atoms with E-state index < -0.39 is 0 Å². The number of benzene rings is 4. The fraction of sp³-hybridized carbons (Fsp3) is 0.243. The van der Waals surface area contributed by atoms with Crippen LogP contribution in [0.4, 0.5) is 11.4 Å². The van der Waals surface area contributed by atoms with Crippen molar-refractivity contribution in [1.82, 2.24) is 10.2 Å². The summed E-state index contributed by atoms with van der Waals surface area (Å²) in [6.07, 6.45) is 4.64. The van der Waals surface area contributed by atoms with Gasteiger partial charge >= 0.3 is 0 Å². The molecule has 0 aliphatic carbocycles. The summed E-state index contributed by atoms with van der Waals surface area (Å²) in [6.45, 7) is 5.33. The molecule has 43 heavy (non-hydrogen) atoms. The van der Waals surface area contributed by atoms with Crippen LogP contribution in [0.3, 0.4) is 0 Å². The first-order valence-corrected chi connectivity index (χ1v) is 15.3. The van der Waals surface area contributed by atoms with E-state index in [0.29, 0.717) is 28.1 Å². The van der Waals surface area contributed by atoms with Crippen molar-refractivity contribution in [3.05, 3.63) is 131 Å². The molecule has 0 unspecified atom stereocenters. The number of anilines is 2. The second-order valence-corrected chi connectivity index (χ2v) is 11.3. The maximum Gasteiger partial charge on any atom is 0.258 e. The molecule has 0 spiro atoms. The number of hydrogen-bond donors (Lipinski definition) is 3. The highest BCUT2D eigenvalue weighted by Gasteiger charge is 2.30. The van der Waals surface area contributed by atoms with Crippen molar-refractivity contribution < 1.29 is 9.59 Å². The molecule has 1 fully saturated rings. The zero-order valence-electron chi connectivity index (χ0n) is 24.6. The van der Waals surface area contributed by atoms with Crippen molar-refractivity contribution >= 4 is 34.5 Å². The van der Waals surface area contributed by atoms with Crippen LogP contribution in [0.1, 0.15) is 71.3 Å². The molecule has 4 aromatic carbocycles. The fourth-order valence-electron chi connectivity index (χ4n) is 6.00. The zero-order valence-corrected chi connectivity index (χ0v) is 24.6. The van der Waals surface area contributed by atoms with E-state index in [1.165, 1.54) is 24.8 Å². The van der Waals surface area contributed by atoms with E-state index in [1.807, 2.05) is 72.8 Å². The number of hydrogen-bond acceptors (Lipinski definition) is 4. The monoisotopic (exact) mass is 570 g/mol. The van der Waals surface area contributed by atoms with Gasteiger partial charge in [0, 0.05) is 29.0 Å². The lowest BCUT2D eigenvalue weighted by atomic mass is 9.97. The molecule has 0 radical (unpaired) electrons. The molecule has 218 valence electrons. The van der Waals surface area contributed by atoms with E-state index in [4.69, 9.17) is 0 Å². The summed E-state index contributed by atoms with van der Waals surface area (Å²) in [6, 6.07) is 33.6. The lowest BCUT2D eigenvalue weighted by Crippen LogP contribution is -2.29. The first-order valence-electron chi connectivity index (χ1n) is 15.3. The summed E-state index contributed by atoms with van der Waals surface area (Å²) in [5.41, 5.74) is 7.27. The largest absolute Gasteiger partial charge is 0.354 e. The lowest BCUT2D eigenvalue weighted by molar-refractivity contribution is -0.110. The maximum atomic E-state index is 13.5. The quantitative estimate of drug-likeness (QED) is 0.182. The summed E-state index contributed by atoms with van der Waals surface area (Å²) in [4.78, 5) is 29.4. The smallest absolute Gasteiger partial charge is 0.258 e. The van der Waals surface area contributed by atoms with E-state index in [-0.39, 0.29) is 17.9 Å². The minimum absolute atomic E-state index is 0.101. The van der Waals surface area contributed by atoms with Crippen molar-refractivity contribution in [3.63, 3.8) is 0 Å². The number of rotatable bonds is 9. The van der Waals surface area contributed by atoms with E-state index in [0.717, 1.165) is 42.9 Å². The second kappa shape index (κ2) is 13.1. The molecule has 0 aromatic heterocycles. The van der Waals surface area contributed by atoms with Gasteiger partial charge in [0.1, 0.15) is 0 Å². The van der Waals surface area contributed by atoms with Gasteiger partial charge in [0.15, 0.2) is 0 Å². The van der Waals surface area contributed by atoms with Gasteiger partial charge in [-0.1, -0.05) is 86.1 Å². The Bertz CT molecular complexity index is 1610. The van der Waals surface area contributed by atoms with Crippen molar-refractivity contribution in [2.45, 2.75) is 45.2 Å². The normalized spacial score (nSPS) is 16.6. The topological polar surface area (TPSA) is 73.5 Å². The van der Waals surface area contributed by atoms with Crippen molar-refractivity contribution in [2.24, 2.45) is 0 Å². The number of nitrogens with one attached hydrogen (secondary N) is 3. The Morgan fingerprint density at radius 3 is 2.23 bits per heavy atom. The fourth-order valence-corrected chi connectivity index (χ4v) is 6.00. The van der Waals surface area contributed by atoms with Crippen LogP contribution in [0.15, 0.2) is 103 Å². The van der Waals surface area contributed by atoms with E-state index in [1.54, 1.807) is 6.07 Å². The van der Waals surface area contributed by atoms with Gasteiger partial charge < -0.3 is 16.0 Å².